The van der Waals surface area contributed by atoms with Gasteiger partial charge in [0.05, 0.1) is 22.6 Å². The minimum atomic E-state index is -3.78. The highest BCUT2D eigenvalue weighted by molar-refractivity contribution is 7.92. The van der Waals surface area contributed by atoms with Gasteiger partial charge in [-0.25, -0.2) is 13.2 Å². The van der Waals surface area contributed by atoms with Crippen molar-refractivity contribution in [2.45, 2.75) is 24.8 Å². The Morgan fingerprint density at radius 2 is 2.00 bits per heavy atom. The first-order chi connectivity index (χ1) is 13.9. The van der Waals surface area contributed by atoms with Crippen LogP contribution in [0.15, 0.2) is 61.1 Å². The molecule has 1 aliphatic rings. The fourth-order valence-corrected chi connectivity index (χ4v) is 5.11. The summed E-state index contributed by atoms with van der Waals surface area (Å²) in [5.74, 6) is 0.0984. The molecule has 0 fully saturated rings. The van der Waals surface area contributed by atoms with Gasteiger partial charge in [-0.1, -0.05) is 23.4 Å². The zero-order valence-corrected chi connectivity index (χ0v) is 16.2. The average Bonchev–Trinajstić information content (AvgIpc) is 3.39. The molecule has 0 spiro atoms. The standard InChI is InChI=1S/C19H16N4O5S/c1-12-20-18(21-28-12)11-22-16-7-6-14(10-17(16)27-19(22)24)29(25,26)23-9-8-13-4-2-3-5-15(13)23/h2-7,10H,8-9,11H2,1H3. The Morgan fingerprint density at radius 3 is 2.79 bits per heavy atom. The molecule has 0 saturated heterocycles. The van der Waals surface area contributed by atoms with Crippen LogP contribution in [0.4, 0.5) is 5.69 Å². The Morgan fingerprint density at radius 1 is 1.17 bits per heavy atom. The second-order valence-corrected chi connectivity index (χ2v) is 8.63. The number of nitrogens with zero attached hydrogens (tertiary/aromatic N) is 4. The van der Waals surface area contributed by atoms with E-state index in [1.807, 2.05) is 18.2 Å². The van der Waals surface area contributed by atoms with Gasteiger partial charge < -0.3 is 8.94 Å². The third kappa shape index (κ3) is 2.83. The van der Waals surface area contributed by atoms with E-state index in [0.717, 1.165) is 5.56 Å². The second kappa shape index (κ2) is 6.31. The van der Waals surface area contributed by atoms with E-state index in [4.69, 9.17) is 8.94 Å². The highest BCUT2D eigenvalue weighted by Gasteiger charge is 2.31. The minimum Gasteiger partial charge on any atom is -0.408 e. The lowest BCUT2D eigenvalue weighted by molar-refractivity contribution is 0.385. The van der Waals surface area contributed by atoms with Gasteiger partial charge in [0.15, 0.2) is 11.4 Å². The maximum Gasteiger partial charge on any atom is 0.420 e. The van der Waals surface area contributed by atoms with Crippen molar-refractivity contribution in [3.63, 3.8) is 0 Å². The molecule has 3 heterocycles. The number of sulfonamides is 1. The lowest BCUT2D eigenvalue weighted by Crippen LogP contribution is -2.29. The molecule has 0 N–H and O–H groups in total. The van der Waals surface area contributed by atoms with E-state index in [1.54, 1.807) is 19.1 Å². The minimum absolute atomic E-state index is 0.0643. The van der Waals surface area contributed by atoms with E-state index in [0.29, 0.717) is 35.9 Å². The number of aryl methyl sites for hydroxylation is 1. The molecule has 0 saturated carbocycles. The number of fused-ring (bicyclic) bond motifs is 2. The summed E-state index contributed by atoms with van der Waals surface area (Å²) in [6, 6.07) is 11.8. The van der Waals surface area contributed by atoms with Gasteiger partial charge in [0, 0.05) is 19.5 Å². The Bertz CT molecular complexity index is 1400. The third-order valence-electron chi connectivity index (χ3n) is 4.94. The number of hydrogen-bond donors (Lipinski definition) is 0. The lowest BCUT2D eigenvalue weighted by Gasteiger charge is -2.19. The molecule has 0 bridgehead atoms. The topological polar surface area (TPSA) is 111 Å². The molecule has 0 radical (unpaired) electrons. The van der Waals surface area contributed by atoms with Crippen molar-refractivity contribution in [1.82, 2.24) is 14.7 Å². The quantitative estimate of drug-likeness (QED) is 0.504. The average molecular weight is 412 g/mol. The Balaban J connectivity index is 1.55. The molecule has 0 unspecified atom stereocenters. The SMILES string of the molecule is Cc1nc(Cn2c(=O)oc3cc(S(=O)(=O)N4CCc5ccccc54)ccc32)no1. The smallest absolute Gasteiger partial charge is 0.408 e. The van der Waals surface area contributed by atoms with Crippen LogP contribution in [0.2, 0.25) is 0 Å². The lowest BCUT2D eigenvalue weighted by atomic mass is 10.2. The van der Waals surface area contributed by atoms with Crippen LogP contribution in [0.25, 0.3) is 11.1 Å². The van der Waals surface area contributed by atoms with Gasteiger partial charge in [0.1, 0.15) is 0 Å². The number of hydrogen-bond acceptors (Lipinski definition) is 7. The molecule has 0 aliphatic carbocycles. The summed E-state index contributed by atoms with van der Waals surface area (Å²) in [6.45, 7) is 2.09. The summed E-state index contributed by atoms with van der Waals surface area (Å²) < 4.78 is 39.3. The molecular formula is C19H16N4O5S. The monoisotopic (exact) mass is 412 g/mol. The molecule has 9 nitrogen and oxygen atoms in total. The summed E-state index contributed by atoms with van der Waals surface area (Å²) in [4.78, 5) is 16.4. The van der Waals surface area contributed by atoms with Gasteiger partial charge in [-0.05, 0) is 30.2 Å². The number of anilines is 1. The number of benzene rings is 2. The number of para-hydroxylation sites is 1. The van der Waals surface area contributed by atoms with Crippen LogP contribution in [0.3, 0.4) is 0 Å². The van der Waals surface area contributed by atoms with Crippen molar-refractivity contribution in [2.75, 3.05) is 10.8 Å². The van der Waals surface area contributed by atoms with Crippen molar-refractivity contribution in [2.24, 2.45) is 0 Å². The molecule has 0 amide bonds. The zero-order valence-electron chi connectivity index (χ0n) is 15.4. The van der Waals surface area contributed by atoms with Crippen molar-refractivity contribution in [3.05, 3.63) is 70.3 Å². The molecule has 29 heavy (non-hydrogen) atoms. The van der Waals surface area contributed by atoms with Gasteiger partial charge >= 0.3 is 5.76 Å². The maximum atomic E-state index is 13.2. The molecule has 10 heteroatoms. The normalized spacial score (nSPS) is 13.9. The van der Waals surface area contributed by atoms with Gasteiger partial charge in [-0.15, -0.1) is 0 Å². The van der Waals surface area contributed by atoms with Crippen LogP contribution in [-0.2, 0) is 23.0 Å². The summed E-state index contributed by atoms with van der Waals surface area (Å²) in [5, 5.41) is 3.78. The number of oxazole rings is 1. The predicted molar refractivity (Wildman–Crippen MR) is 103 cm³/mol. The molecular weight excluding hydrogens is 396 g/mol. The van der Waals surface area contributed by atoms with E-state index in [9.17, 15) is 13.2 Å². The molecule has 5 rings (SSSR count). The first-order valence-electron chi connectivity index (χ1n) is 8.97. The fourth-order valence-electron chi connectivity index (χ4n) is 3.59. The Kier molecular flexibility index (Phi) is 3.85. The Labute approximate surface area is 165 Å². The van der Waals surface area contributed by atoms with E-state index < -0.39 is 15.8 Å². The van der Waals surface area contributed by atoms with E-state index in [-0.39, 0.29) is 17.0 Å². The van der Waals surface area contributed by atoms with Crippen LogP contribution >= 0.6 is 0 Å². The molecule has 1 aliphatic heterocycles. The van der Waals surface area contributed by atoms with Crippen LogP contribution in [0.1, 0.15) is 17.3 Å². The van der Waals surface area contributed by atoms with Gasteiger partial charge in [0.2, 0.25) is 5.89 Å². The highest BCUT2D eigenvalue weighted by Crippen LogP contribution is 2.33. The first-order valence-corrected chi connectivity index (χ1v) is 10.4. The van der Waals surface area contributed by atoms with E-state index in [1.165, 1.54) is 21.0 Å². The molecule has 2 aromatic heterocycles. The van der Waals surface area contributed by atoms with Gasteiger partial charge in [0.25, 0.3) is 10.0 Å². The summed E-state index contributed by atoms with van der Waals surface area (Å²) >= 11 is 0. The van der Waals surface area contributed by atoms with Gasteiger partial charge in [-0.3, -0.25) is 8.87 Å². The fraction of sp³-hybridized carbons (Fsp3) is 0.211. The van der Waals surface area contributed by atoms with Crippen molar-refractivity contribution < 1.29 is 17.4 Å². The number of rotatable bonds is 4. The Hall–Kier alpha value is -3.40. The van der Waals surface area contributed by atoms with Crippen LogP contribution in [0.5, 0.6) is 0 Å². The second-order valence-electron chi connectivity index (χ2n) is 6.77. The molecule has 0 atom stereocenters. The molecule has 148 valence electrons. The third-order valence-corrected chi connectivity index (χ3v) is 6.75. The predicted octanol–water partition coefficient (Wildman–Crippen LogP) is 2.09. The van der Waals surface area contributed by atoms with Crippen LogP contribution in [-0.4, -0.2) is 29.7 Å². The van der Waals surface area contributed by atoms with Gasteiger partial charge in [-0.2, -0.15) is 4.98 Å². The zero-order chi connectivity index (χ0) is 20.2. The van der Waals surface area contributed by atoms with Crippen molar-refractivity contribution >= 4 is 26.8 Å². The summed E-state index contributed by atoms with van der Waals surface area (Å²) in [6.07, 6.45) is 0.660. The largest absolute Gasteiger partial charge is 0.420 e. The van der Waals surface area contributed by atoms with Crippen LogP contribution in [0, 0.1) is 6.92 Å². The highest BCUT2D eigenvalue weighted by atomic mass is 32.2. The van der Waals surface area contributed by atoms with E-state index in [2.05, 4.69) is 10.1 Å². The summed E-state index contributed by atoms with van der Waals surface area (Å²) in [5.41, 5.74) is 2.31. The molecule has 4 aromatic rings. The maximum absolute atomic E-state index is 13.2. The number of aromatic nitrogens is 3. The first kappa shape index (κ1) is 17.7. The van der Waals surface area contributed by atoms with Crippen LogP contribution < -0.4 is 10.1 Å². The van der Waals surface area contributed by atoms with E-state index >= 15 is 0 Å². The summed E-state index contributed by atoms with van der Waals surface area (Å²) in [7, 11) is -3.78. The molecule has 2 aromatic carbocycles. The van der Waals surface area contributed by atoms with Crippen molar-refractivity contribution in [3.8, 4) is 0 Å². The van der Waals surface area contributed by atoms with Crippen molar-refractivity contribution in [1.29, 1.82) is 0 Å².